The third-order valence-corrected chi connectivity index (χ3v) is 3.51. The largest absolute Gasteiger partial charge is 0.396 e. The van der Waals surface area contributed by atoms with E-state index >= 15 is 0 Å². The highest BCUT2D eigenvalue weighted by Gasteiger charge is 2.27. The summed E-state index contributed by atoms with van der Waals surface area (Å²) in [6.45, 7) is 1.28. The van der Waals surface area contributed by atoms with Crippen molar-refractivity contribution in [2.75, 3.05) is 25.1 Å². The first kappa shape index (κ1) is 9.99. The van der Waals surface area contributed by atoms with Gasteiger partial charge in [-0.2, -0.15) is 0 Å². The highest BCUT2D eigenvalue weighted by molar-refractivity contribution is 9.10. The number of benzene rings is 1. The quantitative estimate of drug-likeness (QED) is 0.878. The van der Waals surface area contributed by atoms with Crippen molar-refractivity contribution in [1.29, 1.82) is 0 Å². The summed E-state index contributed by atoms with van der Waals surface area (Å²) in [6.07, 6.45) is 0.847. The van der Waals surface area contributed by atoms with Crippen LogP contribution in [0.15, 0.2) is 22.7 Å². The van der Waals surface area contributed by atoms with E-state index in [0.29, 0.717) is 5.92 Å². The van der Waals surface area contributed by atoms with E-state index < -0.39 is 0 Å². The van der Waals surface area contributed by atoms with E-state index in [4.69, 9.17) is 5.11 Å². The topological polar surface area (TPSA) is 23.5 Å². The Hall–Kier alpha value is -0.540. The summed E-state index contributed by atoms with van der Waals surface area (Å²) in [7, 11) is 2.10. The minimum absolute atomic E-state index is 0.263. The summed E-state index contributed by atoms with van der Waals surface area (Å²) in [4.78, 5) is 2.25. The molecule has 0 saturated heterocycles. The van der Waals surface area contributed by atoms with Crippen LogP contribution in [-0.4, -0.2) is 25.3 Å². The molecule has 0 fully saturated rings. The number of aliphatic hydroxyl groups is 1. The van der Waals surface area contributed by atoms with E-state index in [1.807, 2.05) is 0 Å². The lowest BCUT2D eigenvalue weighted by atomic mass is 9.98. The number of rotatable bonds is 2. The molecule has 0 amide bonds. The molecule has 1 aromatic carbocycles. The molecule has 2 rings (SSSR count). The van der Waals surface area contributed by atoms with Gasteiger partial charge in [-0.25, -0.2) is 0 Å². The summed E-state index contributed by atoms with van der Waals surface area (Å²) < 4.78 is 1.16. The van der Waals surface area contributed by atoms with E-state index in [-0.39, 0.29) is 6.61 Å². The van der Waals surface area contributed by atoms with Crippen molar-refractivity contribution in [1.82, 2.24) is 0 Å². The molecule has 0 aromatic heterocycles. The summed E-state index contributed by atoms with van der Waals surface area (Å²) in [5.74, 6) is 0.468. The van der Waals surface area contributed by atoms with Crippen LogP contribution >= 0.6 is 15.9 Å². The molecule has 76 valence electrons. The molecule has 2 nitrogen and oxygen atoms in total. The Morgan fingerprint density at radius 3 is 3.07 bits per heavy atom. The Balaban J connectivity index is 2.40. The van der Waals surface area contributed by atoms with E-state index in [9.17, 15) is 0 Å². The third-order valence-electron chi connectivity index (χ3n) is 2.82. The maximum Gasteiger partial charge on any atom is 0.0437 e. The van der Waals surface area contributed by atoms with Crippen LogP contribution in [0.5, 0.6) is 0 Å². The summed E-state index contributed by atoms with van der Waals surface area (Å²) in [5.41, 5.74) is 2.64. The molecule has 1 unspecified atom stereocenters. The average molecular weight is 256 g/mol. The predicted molar refractivity (Wildman–Crippen MR) is 61.9 cm³/mol. The fraction of sp³-hybridized carbons (Fsp3) is 0.455. The molecule has 0 radical (unpaired) electrons. The molecule has 0 bridgehead atoms. The molecule has 0 aliphatic carbocycles. The summed E-state index contributed by atoms with van der Waals surface area (Å²) >= 11 is 3.58. The molecule has 0 spiro atoms. The second-order valence-corrected chi connectivity index (χ2v) is 4.62. The molecule has 1 aliphatic rings. The average Bonchev–Trinajstić information content (AvgIpc) is 2.46. The summed E-state index contributed by atoms with van der Waals surface area (Å²) in [6, 6.07) is 6.26. The lowest BCUT2D eigenvalue weighted by molar-refractivity contribution is 0.278. The second-order valence-electron chi connectivity index (χ2n) is 3.76. The van der Waals surface area contributed by atoms with E-state index in [1.54, 1.807) is 0 Å². The van der Waals surface area contributed by atoms with E-state index in [0.717, 1.165) is 17.4 Å². The van der Waals surface area contributed by atoms with Crippen molar-refractivity contribution in [3.63, 3.8) is 0 Å². The SMILES string of the molecule is CN1CC(CCO)c2c(Br)cccc21. The van der Waals surface area contributed by atoms with Crippen LogP contribution in [0.25, 0.3) is 0 Å². The molecule has 1 N–H and O–H groups in total. The molecular weight excluding hydrogens is 242 g/mol. The van der Waals surface area contributed by atoms with Crippen molar-refractivity contribution < 1.29 is 5.11 Å². The number of aliphatic hydroxyl groups excluding tert-OH is 1. The zero-order chi connectivity index (χ0) is 10.1. The molecule has 0 saturated carbocycles. The minimum atomic E-state index is 0.263. The number of hydrogen-bond acceptors (Lipinski definition) is 2. The number of likely N-dealkylation sites (N-methyl/N-ethyl adjacent to an activating group) is 1. The van der Waals surface area contributed by atoms with Crippen LogP contribution < -0.4 is 4.90 Å². The summed E-state index contributed by atoms with van der Waals surface area (Å²) in [5, 5.41) is 9.00. The van der Waals surface area contributed by atoms with Gasteiger partial charge in [0.25, 0.3) is 0 Å². The normalized spacial score (nSPS) is 19.9. The number of halogens is 1. The van der Waals surface area contributed by atoms with Gasteiger partial charge in [-0.1, -0.05) is 22.0 Å². The number of nitrogens with zero attached hydrogens (tertiary/aromatic N) is 1. The van der Waals surface area contributed by atoms with Crippen molar-refractivity contribution >= 4 is 21.6 Å². The van der Waals surface area contributed by atoms with Gasteiger partial charge in [0, 0.05) is 36.3 Å². The van der Waals surface area contributed by atoms with Gasteiger partial charge < -0.3 is 10.0 Å². The van der Waals surface area contributed by atoms with Gasteiger partial charge in [-0.15, -0.1) is 0 Å². The van der Waals surface area contributed by atoms with Crippen LogP contribution in [0.1, 0.15) is 17.9 Å². The Bertz CT molecular complexity index is 340. The lowest BCUT2D eigenvalue weighted by Gasteiger charge is -2.11. The standard InChI is InChI=1S/C11H14BrNO/c1-13-7-8(5-6-14)11-9(12)3-2-4-10(11)13/h2-4,8,14H,5-7H2,1H3. The predicted octanol–water partition coefficient (Wildman–Crippen LogP) is 2.36. The zero-order valence-corrected chi connectivity index (χ0v) is 9.79. The minimum Gasteiger partial charge on any atom is -0.396 e. The number of hydrogen-bond donors (Lipinski definition) is 1. The molecule has 1 heterocycles. The lowest BCUT2D eigenvalue weighted by Crippen LogP contribution is -2.15. The molecular formula is C11H14BrNO. The maximum atomic E-state index is 9.00. The van der Waals surface area contributed by atoms with Crippen molar-refractivity contribution in [2.24, 2.45) is 0 Å². The first-order valence-electron chi connectivity index (χ1n) is 4.84. The second kappa shape index (κ2) is 3.91. The first-order valence-corrected chi connectivity index (χ1v) is 5.63. The Morgan fingerprint density at radius 1 is 1.57 bits per heavy atom. The van der Waals surface area contributed by atoms with E-state index in [2.05, 4.69) is 46.1 Å². The van der Waals surface area contributed by atoms with Crippen LogP contribution in [0.2, 0.25) is 0 Å². The highest BCUT2D eigenvalue weighted by Crippen LogP contribution is 2.41. The number of anilines is 1. The van der Waals surface area contributed by atoms with Crippen molar-refractivity contribution in [3.8, 4) is 0 Å². The molecule has 1 aromatic rings. The fourth-order valence-corrected chi connectivity index (χ4v) is 2.85. The Labute approximate surface area is 92.7 Å². The maximum absolute atomic E-state index is 9.00. The fourth-order valence-electron chi connectivity index (χ4n) is 2.17. The van der Waals surface area contributed by atoms with Gasteiger partial charge >= 0.3 is 0 Å². The van der Waals surface area contributed by atoms with Crippen LogP contribution in [-0.2, 0) is 0 Å². The zero-order valence-electron chi connectivity index (χ0n) is 8.20. The van der Waals surface area contributed by atoms with Gasteiger partial charge in [0.1, 0.15) is 0 Å². The van der Waals surface area contributed by atoms with Crippen molar-refractivity contribution in [3.05, 3.63) is 28.2 Å². The van der Waals surface area contributed by atoms with Gasteiger partial charge in [-0.05, 0) is 24.1 Å². The van der Waals surface area contributed by atoms with Crippen LogP contribution in [0.3, 0.4) is 0 Å². The van der Waals surface area contributed by atoms with Crippen LogP contribution in [0.4, 0.5) is 5.69 Å². The van der Waals surface area contributed by atoms with Crippen molar-refractivity contribution in [2.45, 2.75) is 12.3 Å². The molecule has 14 heavy (non-hydrogen) atoms. The van der Waals surface area contributed by atoms with E-state index in [1.165, 1.54) is 11.3 Å². The third kappa shape index (κ3) is 1.55. The highest BCUT2D eigenvalue weighted by atomic mass is 79.9. The number of fused-ring (bicyclic) bond motifs is 1. The molecule has 1 atom stereocenters. The first-order chi connectivity index (χ1) is 6.74. The Kier molecular flexibility index (Phi) is 2.79. The van der Waals surface area contributed by atoms with Crippen LogP contribution in [0, 0.1) is 0 Å². The van der Waals surface area contributed by atoms with Gasteiger partial charge in [-0.3, -0.25) is 0 Å². The molecule has 3 heteroatoms. The van der Waals surface area contributed by atoms with Gasteiger partial charge in [0.2, 0.25) is 0 Å². The Morgan fingerprint density at radius 2 is 2.36 bits per heavy atom. The smallest absolute Gasteiger partial charge is 0.0437 e. The van der Waals surface area contributed by atoms with Gasteiger partial charge in [0.15, 0.2) is 0 Å². The monoisotopic (exact) mass is 255 g/mol. The van der Waals surface area contributed by atoms with Gasteiger partial charge in [0.05, 0.1) is 0 Å². The molecule has 1 aliphatic heterocycles.